The molecule has 0 aliphatic rings. The highest BCUT2D eigenvalue weighted by Gasteiger charge is 2.28. The van der Waals surface area contributed by atoms with Crippen molar-refractivity contribution in [2.45, 2.75) is 31.7 Å². The first-order valence-corrected chi connectivity index (χ1v) is 10.3. The Morgan fingerprint density at radius 1 is 1.15 bits per heavy atom. The minimum Gasteiger partial charge on any atom is -0.352 e. The van der Waals surface area contributed by atoms with Crippen LogP contribution < -0.4 is 9.62 Å². The van der Waals surface area contributed by atoms with Crippen LogP contribution in [0.1, 0.15) is 20.8 Å². The molecule has 0 saturated heterocycles. The molecule has 1 N–H and O–H groups in total. The van der Waals surface area contributed by atoms with E-state index in [4.69, 9.17) is 11.6 Å². The minimum absolute atomic E-state index is 0.0233. The second-order valence-corrected chi connectivity index (χ2v) is 8.79. The van der Waals surface area contributed by atoms with Crippen molar-refractivity contribution >= 4 is 33.2 Å². The molecule has 1 atom stereocenters. The quantitative estimate of drug-likeness (QED) is 0.751. The number of hydrogen-bond donors (Lipinski definition) is 1. The zero-order valence-electron chi connectivity index (χ0n) is 15.3. The standard InChI is InChI=1S/C19H22ClFN2O3S/c1-13(2)14(3)22-19(24)12-23(15-9-10-18(21)17(20)11-15)27(25,26)16-7-5-4-6-8-16/h4-11,13-14H,12H2,1-3H3,(H,22,24). The Morgan fingerprint density at radius 3 is 2.33 bits per heavy atom. The van der Waals surface area contributed by atoms with Gasteiger partial charge >= 0.3 is 0 Å². The van der Waals surface area contributed by atoms with Crippen LogP contribution in [0.25, 0.3) is 0 Å². The van der Waals surface area contributed by atoms with E-state index in [0.717, 1.165) is 10.4 Å². The lowest BCUT2D eigenvalue weighted by atomic mass is 10.1. The molecular weight excluding hydrogens is 391 g/mol. The fourth-order valence-corrected chi connectivity index (χ4v) is 3.88. The van der Waals surface area contributed by atoms with Crippen LogP contribution in [-0.2, 0) is 14.8 Å². The van der Waals surface area contributed by atoms with E-state index < -0.39 is 28.3 Å². The van der Waals surface area contributed by atoms with Crippen LogP contribution in [0.4, 0.5) is 10.1 Å². The average Bonchev–Trinajstić information content (AvgIpc) is 2.62. The van der Waals surface area contributed by atoms with Crippen molar-refractivity contribution < 1.29 is 17.6 Å². The molecular formula is C19H22ClFN2O3S. The van der Waals surface area contributed by atoms with Gasteiger partial charge in [0.15, 0.2) is 0 Å². The van der Waals surface area contributed by atoms with E-state index in [1.54, 1.807) is 18.2 Å². The van der Waals surface area contributed by atoms with Crippen LogP contribution in [0, 0.1) is 11.7 Å². The Bertz CT molecular complexity index is 904. The van der Waals surface area contributed by atoms with Gasteiger partial charge in [0, 0.05) is 6.04 Å². The number of sulfonamides is 1. The Hall–Kier alpha value is -2.12. The molecule has 5 nitrogen and oxygen atoms in total. The second kappa shape index (κ2) is 8.71. The molecule has 0 saturated carbocycles. The molecule has 2 rings (SSSR count). The van der Waals surface area contributed by atoms with E-state index >= 15 is 0 Å². The van der Waals surface area contributed by atoms with E-state index in [1.807, 2.05) is 20.8 Å². The van der Waals surface area contributed by atoms with E-state index in [-0.39, 0.29) is 27.6 Å². The number of carbonyl (C=O) groups is 1. The van der Waals surface area contributed by atoms with E-state index in [9.17, 15) is 17.6 Å². The van der Waals surface area contributed by atoms with Crippen LogP contribution in [-0.4, -0.2) is 26.9 Å². The summed E-state index contributed by atoms with van der Waals surface area (Å²) in [5, 5.41) is 2.55. The zero-order valence-corrected chi connectivity index (χ0v) is 16.9. The summed E-state index contributed by atoms with van der Waals surface area (Å²) in [6.07, 6.45) is 0. The van der Waals surface area contributed by atoms with E-state index in [2.05, 4.69) is 5.32 Å². The Balaban J connectivity index is 2.43. The highest BCUT2D eigenvalue weighted by Crippen LogP contribution is 2.27. The molecule has 1 amide bonds. The summed E-state index contributed by atoms with van der Waals surface area (Å²) in [5.74, 6) is -0.945. The largest absolute Gasteiger partial charge is 0.352 e. The van der Waals surface area contributed by atoms with Crippen LogP contribution in [0.3, 0.4) is 0 Å². The summed E-state index contributed by atoms with van der Waals surface area (Å²) in [7, 11) is -4.04. The number of benzene rings is 2. The molecule has 0 aliphatic heterocycles. The van der Waals surface area contributed by atoms with Gasteiger partial charge in [-0.1, -0.05) is 43.6 Å². The third-order valence-electron chi connectivity index (χ3n) is 4.20. The average molecular weight is 413 g/mol. The number of nitrogens with zero attached hydrogens (tertiary/aromatic N) is 1. The highest BCUT2D eigenvalue weighted by molar-refractivity contribution is 7.92. The summed E-state index contributed by atoms with van der Waals surface area (Å²) in [4.78, 5) is 12.5. The zero-order chi connectivity index (χ0) is 20.2. The SMILES string of the molecule is CC(C)C(C)NC(=O)CN(c1ccc(F)c(Cl)c1)S(=O)(=O)c1ccccc1. The van der Waals surface area contributed by atoms with Crippen LogP contribution in [0.2, 0.25) is 5.02 Å². The molecule has 0 aliphatic carbocycles. The molecule has 0 bridgehead atoms. The first-order chi connectivity index (χ1) is 12.6. The molecule has 0 fully saturated rings. The number of carbonyl (C=O) groups excluding carboxylic acids is 1. The molecule has 2 aromatic carbocycles. The highest BCUT2D eigenvalue weighted by atomic mass is 35.5. The molecule has 27 heavy (non-hydrogen) atoms. The summed E-state index contributed by atoms with van der Waals surface area (Å²) < 4.78 is 40.6. The normalized spacial score (nSPS) is 12.7. The van der Waals surface area contributed by atoms with Gasteiger partial charge in [0.05, 0.1) is 15.6 Å². The number of amides is 1. The monoisotopic (exact) mass is 412 g/mol. The summed E-state index contributed by atoms with van der Waals surface area (Å²) in [5.41, 5.74) is 0.109. The molecule has 0 aromatic heterocycles. The third-order valence-corrected chi connectivity index (χ3v) is 6.28. The van der Waals surface area contributed by atoms with Gasteiger partial charge in [-0.2, -0.15) is 0 Å². The van der Waals surface area contributed by atoms with Crippen molar-refractivity contribution in [1.82, 2.24) is 5.32 Å². The van der Waals surface area contributed by atoms with Gasteiger partial charge in [-0.25, -0.2) is 12.8 Å². The van der Waals surface area contributed by atoms with Gasteiger partial charge in [-0.15, -0.1) is 0 Å². The first-order valence-electron chi connectivity index (χ1n) is 8.45. The van der Waals surface area contributed by atoms with Gasteiger partial charge in [0.2, 0.25) is 5.91 Å². The molecule has 1 unspecified atom stereocenters. The lowest BCUT2D eigenvalue weighted by Crippen LogP contribution is -2.45. The fraction of sp³-hybridized carbons (Fsp3) is 0.316. The maximum atomic E-state index is 13.5. The van der Waals surface area contributed by atoms with Crippen LogP contribution >= 0.6 is 11.6 Å². The molecule has 146 valence electrons. The molecule has 0 heterocycles. The number of nitrogens with one attached hydrogen (secondary N) is 1. The van der Waals surface area contributed by atoms with Crippen molar-refractivity contribution in [3.8, 4) is 0 Å². The lowest BCUT2D eigenvalue weighted by Gasteiger charge is -2.26. The van der Waals surface area contributed by atoms with Crippen molar-refractivity contribution in [3.63, 3.8) is 0 Å². The minimum atomic E-state index is -4.04. The maximum absolute atomic E-state index is 13.5. The van der Waals surface area contributed by atoms with Crippen LogP contribution in [0.5, 0.6) is 0 Å². The van der Waals surface area contributed by atoms with Gasteiger partial charge < -0.3 is 5.32 Å². The third kappa shape index (κ3) is 5.20. The summed E-state index contributed by atoms with van der Waals surface area (Å²) in [6, 6.07) is 11.1. The van der Waals surface area contributed by atoms with Gasteiger partial charge in [0.25, 0.3) is 10.0 Å². The number of rotatable bonds is 7. The summed E-state index contributed by atoms with van der Waals surface area (Å²) in [6.45, 7) is 5.29. The number of hydrogen-bond acceptors (Lipinski definition) is 3. The maximum Gasteiger partial charge on any atom is 0.264 e. The molecule has 8 heteroatoms. The van der Waals surface area contributed by atoms with Crippen molar-refractivity contribution in [2.75, 3.05) is 10.8 Å². The smallest absolute Gasteiger partial charge is 0.264 e. The molecule has 0 spiro atoms. The predicted molar refractivity (Wildman–Crippen MR) is 105 cm³/mol. The van der Waals surface area contributed by atoms with Crippen molar-refractivity contribution in [3.05, 3.63) is 59.4 Å². The first kappa shape index (κ1) is 21.2. The van der Waals surface area contributed by atoms with Gasteiger partial charge in [0.1, 0.15) is 12.4 Å². The van der Waals surface area contributed by atoms with Crippen molar-refractivity contribution in [2.24, 2.45) is 5.92 Å². The number of anilines is 1. The molecule has 2 aromatic rings. The predicted octanol–water partition coefficient (Wildman–Crippen LogP) is 3.84. The van der Waals surface area contributed by atoms with Crippen molar-refractivity contribution in [1.29, 1.82) is 0 Å². The topological polar surface area (TPSA) is 66.5 Å². The van der Waals surface area contributed by atoms with Crippen LogP contribution in [0.15, 0.2) is 53.4 Å². The summed E-state index contributed by atoms with van der Waals surface area (Å²) >= 11 is 5.82. The van der Waals surface area contributed by atoms with E-state index in [0.29, 0.717) is 0 Å². The Morgan fingerprint density at radius 2 is 1.78 bits per heavy atom. The van der Waals surface area contributed by atoms with Gasteiger partial charge in [-0.05, 0) is 43.2 Å². The second-order valence-electron chi connectivity index (χ2n) is 6.52. The molecule has 0 radical (unpaired) electrons. The Labute approximate surface area is 164 Å². The Kier molecular flexibility index (Phi) is 6.84. The fourth-order valence-electron chi connectivity index (χ4n) is 2.27. The number of halogens is 2. The van der Waals surface area contributed by atoms with E-state index in [1.165, 1.54) is 24.3 Å². The van der Waals surface area contributed by atoms with Gasteiger partial charge in [-0.3, -0.25) is 9.10 Å². The lowest BCUT2D eigenvalue weighted by molar-refractivity contribution is -0.120.